The lowest BCUT2D eigenvalue weighted by molar-refractivity contribution is -0.159. The maximum absolute atomic E-state index is 13.2. The van der Waals surface area contributed by atoms with Crippen LogP contribution in [0.2, 0.25) is 0 Å². The number of halogens is 4. The number of hydrogen-bond acceptors (Lipinski definition) is 3. The van der Waals surface area contributed by atoms with Crippen LogP contribution in [0.5, 0.6) is 0 Å². The van der Waals surface area contributed by atoms with Crippen molar-refractivity contribution < 1.29 is 22.1 Å². The minimum Gasteiger partial charge on any atom is -0.329 e. The number of rotatable bonds is 1. The summed E-state index contributed by atoms with van der Waals surface area (Å²) in [6, 6.07) is 3.90. The van der Waals surface area contributed by atoms with Gasteiger partial charge in [0.05, 0.1) is 0 Å². The summed E-state index contributed by atoms with van der Waals surface area (Å²) >= 11 is 0. The fourth-order valence-corrected chi connectivity index (χ4v) is 1.19. The molecular formula is C10H6F4N2O. The standard InChI is InChI=1S/C10H6F4N2O/c1-5-2-3-6(4-7(5)11)8-15-9(17-16-8)10(12,13)14/h2-4H,1H3. The molecule has 90 valence electrons. The highest BCUT2D eigenvalue weighted by Crippen LogP contribution is 2.29. The highest BCUT2D eigenvalue weighted by Gasteiger charge is 2.38. The van der Waals surface area contributed by atoms with Gasteiger partial charge in [0, 0.05) is 5.56 Å². The van der Waals surface area contributed by atoms with Crippen LogP contribution in [-0.4, -0.2) is 10.1 Å². The summed E-state index contributed by atoms with van der Waals surface area (Å²) in [7, 11) is 0. The Labute approximate surface area is 93.1 Å². The van der Waals surface area contributed by atoms with Gasteiger partial charge in [-0.15, -0.1) is 0 Å². The lowest BCUT2D eigenvalue weighted by Crippen LogP contribution is -2.04. The molecule has 17 heavy (non-hydrogen) atoms. The number of nitrogens with zero attached hydrogens (tertiary/aromatic N) is 2. The van der Waals surface area contributed by atoms with Gasteiger partial charge in [-0.05, 0) is 18.6 Å². The quantitative estimate of drug-likeness (QED) is 0.725. The lowest BCUT2D eigenvalue weighted by atomic mass is 10.1. The molecule has 1 aromatic heterocycles. The van der Waals surface area contributed by atoms with Gasteiger partial charge in [-0.2, -0.15) is 18.2 Å². The molecule has 0 saturated carbocycles. The Kier molecular flexibility index (Phi) is 2.60. The van der Waals surface area contributed by atoms with Gasteiger partial charge in [0.25, 0.3) is 0 Å². The van der Waals surface area contributed by atoms with Crippen LogP contribution in [0, 0.1) is 12.7 Å². The van der Waals surface area contributed by atoms with E-state index in [1.54, 1.807) is 0 Å². The highest BCUT2D eigenvalue weighted by molar-refractivity contribution is 5.54. The van der Waals surface area contributed by atoms with Gasteiger partial charge in [0.2, 0.25) is 5.82 Å². The molecule has 0 spiro atoms. The second kappa shape index (κ2) is 3.83. The van der Waals surface area contributed by atoms with Crippen LogP contribution in [0.25, 0.3) is 11.4 Å². The third kappa shape index (κ3) is 2.27. The van der Waals surface area contributed by atoms with E-state index in [2.05, 4.69) is 14.7 Å². The summed E-state index contributed by atoms with van der Waals surface area (Å²) < 4.78 is 53.8. The zero-order chi connectivity index (χ0) is 12.6. The fraction of sp³-hybridized carbons (Fsp3) is 0.200. The molecule has 0 aliphatic carbocycles. The lowest BCUT2D eigenvalue weighted by Gasteiger charge is -1.98. The Morgan fingerprint density at radius 1 is 1.24 bits per heavy atom. The summed E-state index contributed by atoms with van der Waals surface area (Å²) in [4.78, 5) is 3.15. The smallest absolute Gasteiger partial charge is 0.329 e. The van der Waals surface area contributed by atoms with E-state index in [0.717, 1.165) is 6.07 Å². The van der Waals surface area contributed by atoms with Crippen LogP contribution in [0.3, 0.4) is 0 Å². The zero-order valence-corrected chi connectivity index (χ0v) is 8.55. The van der Waals surface area contributed by atoms with Crippen LogP contribution in [0.15, 0.2) is 22.7 Å². The van der Waals surface area contributed by atoms with Gasteiger partial charge in [0.15, 0.2) is 0 Å². The van der Waals surface area contributed by atoms with Crippen molar-refractivity contribution in [1.82, 2.24) is 10.1 Å². The SMILES string of the molecule is Cc1ccc(-c2noc(C(F)(F)F)n2)cc1F. The molecule has 0 N–H and O–H groups in total. The monoisotopic (exact) mass is 246 g/mol. The molecular weight excluding hydrogens is 240 g/mol. The van der Waals surface area contributed by atoms with Gasteiger partial charge in [-0.1, -0.05) is 17.3 Å². The topological polar surface area (TPSA) is 38.9 Å². The van der Waals surface area contributed by atoms with Crippen molar-refractivity contribution in [3.05, 3.63) is 35.5 Å². The summed E-state index contributed by atoms with van der Waals surface area (Å²) in [5, 5.41) is 3.15. The summed E-state index contributed by atoms with van der Waals surface area (Å²) in [5.74, 6) is -2.29. The van der Waals surface area contributed by atoms with E-state index in [0.29, 0.717) is 5.56 Å². The number of aryl methyl sites for hydroxylation is 1. The van der Waals surface area contributed by atoms with E-state index >= 15 is 0 Å². The predicted octanol–water partition coefficient (Wildman–Crippen LogP) is 3.20. The number of hydrogen-bond donors (Lipinski definition) is 0. The minimum atomic E-state index is -4.70. The normalized spacial score (nSPS) is 11.8. The molecule has 1 aromatic carbocycles. The van der Waals surface area contributed by atoms with Crippen LogP contribution >= 0.6 is 0 Å². The molecule has 0 atom stereocenters. The molecule has 2 rings (SSSR count). The molecule has 3 nitrogen and oxygen atoms in total. The van der Waals surface area contributed by atoms with Crippen LogP contribution in [0.1, 0.15) is 11.5 Å². The van der Waals surface area contributed by atoms with Crippen molar-refractivity contribution in [2.75, 3.05) is 0 Å². The fourth-order valence-electron chi connectivity index (χ4n) is 1.19. The van der Waals surface area contributed by atoms with Crippen molar-refractivity contribution in [1.29, 1.82) is 0 Å². The predicted molar refractivity (Wildman–Crippen MR) is 49.4 cm³/mol. The molecule has 0 aliphatic rings. The van der Waals surface area contributed by atoms with Crippen molar-refractivity contribution in [2.45, 2.75) is 13.1 Å². The summed E-state index contributed by atoms with van der Waals surface area (Å²) in [5.41, 5.74) is 0.514. The average molecular weight is 246 g/mol. The van der Waals surface area contributed by atoms with E-state index in [-0.39, 0.29) is 11.4 Å². The first-order valence-corrected chi connectivity index (χ1v) is 4.55. The molecule has 0 fully saturated rings. The average Bonchev–Trinajstić information content (AvgIpc) is 2.70. The second-order valence-electron chi connectivity index (χ2n) is 3.38. The molecule has 0 radical (unpaired) electrons. The molecule has 0 bridgehead atoms. The van der Waals surface area contributed by atoms with E-state index < -0.39 is 17.9 Å². The van der Waals surface area contributed by atoms with Crippen molar-refractivity contribution in [2.24, 2.45) is 0 Å². The van der Waals surface area contributed by atoms with Crippen LogP contribution in [0.4, 0.5) is 17.6 Å². The first-order chi connectivity index (χ1) is 7.88. The Morgan fingerprint density at radius 3 is 2.47 bits per heavy atom. The van der Waals surface area contributed by atoms with Gasteiger partial charge in [-0.3, -0.25) is 0 Å². The van der Waals surface area contributed by atoms with Crippen LogP contribution < -0.4 is 0 Å². The van der Waals surface area contributed by atoms with E-state index in [1.165, 1.54) is 19.1 Å². The van der Waals surface area contributed by atoms with Crippen LogP contribution in [-0.2, 0) is 6.18 Å². The van der Waals surface area contributed by atoms with E-state index in [1.807, 2.05) is 0 Å². The second-order valence-corrected chi connectivity index (χ2v) is 3.38. The molecule has 0 saturated heterocycles. The Hall–Kier alpha value is -1.92. The number of benzene rings is 1. The van der Waals surface area contributed by atoms with Crippen molar-refractivity contribution >= 4 is 0 Å². The highest BCUT2D eigenvalue weighted by atomic mass is 19.4. The zero-order valence-electron chi connectivity index (χ0n) is 8.55. The number of alkyl halides is 3. The van der Waals surface area contributed by atoms with E-state index in [4.69, 9.17) is 0 Å². The summed E-state index contributed by atoms with van der Waals surface area (Å²) in [6.07, 6.45) is -4.70. The third-order valence-electron chi connectivity index (χ3n) is 2.10. The largest absolute Gasteiger partial charge is 0.471 e. The first-order valence-electron chi connectivity index (χ1n) is 4.55. The Balaban J connectivity index is 2.40. The molecule has 0 amide bonds. The van der Waals surface area contributed by atoms with E-state index in [9.17, 15) is 17.6 Å². The number of aromatic nitrogens is 2. The molecule has 7 heteroatoms. The minimum absolute atomic E-state index is 0.132. The van der Waals surface area contributed by atoms with Gasteiger partial charge in [-0.25, -0.2) is 4.39 Å². The maximum atomic E-state index is 13.2. The summed E-state index contributed by atoms with van der Waals surface area (Å²) in [6.45, 7) is 1.54. The van der Waals surface area contributed by atoms with Gasteiger partial charge < -0.3 is 4.52 Å². The molecule has 0 aliphatic heterocycles. The Morgan fingerprint density at radius 2 is 1.94 bits per heavy atom. The first kappa shape index (κ1) is 11.6. The Bertz CT molecular complexity index is 547. The van der Waals surface area contributed by atoms with Gasteiger partial charge >= 0.3 is 12.1 Å². The molecule has 1 heterocycles. The molecule has 2 aromatic rings. The van der Waals surface area contributed by atoms with Crippen molar-refractivity contribution in [3.8, 4) is 11.4 Å². The maximum Gasteiger partial charge on any atom is 0.471 e. The van der Waals surface area contributed by atoms with Gasteiger partial charge in [0.1, 0.15) is 5.82 Å². The van der Waals surface area contributed by atoms with Crippen molar-refractivity contribution in [3.63, 3.8) is 0 Å². The third-order valence-corrected chi connectivity index (χ3v) is 2.10. The molecule has 0 unspecified atom stereocenters.